The van der Waals surface area contributed by atoms with E-state index in [9.17, 15) is 18.0 Å². The SMILES string of the molecule is NC(=O)c1cnn(-c2ccccc2C2CC2)c1C(F)(F)F. The number of hydrogen-bond acceptors (Lipinski definition) is 2. The summed E-state index contributed by atoms with van der Waals surface area (Å²) in [6.07, 6.45) is -1.95. The standard InChI is InChI=1S/C14H12F3N3O/c15-14(16,17)12-10(13(18)21)7-19-20(12)11-4-2-1-3-9(11)8-5-6-8/h1-4,7-8H,5-6H2,(H2,18,21). The molecular formula is C14H12F3N3O. The summed E-state index contributed by atoms with van der Waals surface area (Å²) < 4.78 is 40.6. The van der Waals surface area contributed by atoms with Crippen LogP contribution in [0.3, 0.4) is 0 Å². The molecule has 2 N–H and O–H groups in total. The molecule has 1 heterocycles. The number of alkyl halides is 3. The molecule has 1 amide bonds. The first-order valence-corrected chi connectivity index (χ1v) is 6.44. The van der Waals surface area contributed by atoms with Crippen LogP contribution in [-0.4, -0.2) is 15.7 Å². The van der Waals surface area contributed by atoms with E-state index in [4.69, 9.17) is 5.73 Å². The van der Waals surface area contributed by atoms with Crippen molar-refractivity contribution in [1.29, 1.82) is 0 Å². The first kappa shape index (κ1) is 13.7. The lowest BCUT2D eigenvalue weighted by Gasteiger charge is -2.14. The second kappa shape index (κ2) is 4.61. The zero-order valence-electron chi connectivity index (χ0n) is 10.9. The van der Waals surface area contributed by atoms with Gasteiger partial charge in [-0.15, -0.1) is 0 Å². The Morgan fingerprint density at radius 1 is 1.29 bits per heavy atom. The van der Waals surface area contributed by atoms with E-state index in [0.717, 1.165) is 29.3 Å². The number of carbonyl (C=O) groups excluding carboxylic acids is 1. The van der Waals surface area contributed by atoms with E-state index in [1.54, 1.807) is 24.3 Å². The van der Waals surface area contributed by atoms with Crippen LogP contribution in [0.4, 0.5) is 13.2 Å². The van der Waals surface area contributed by atoms with Crippen molar-refractivity contribution in [2.24, 2.45) is 5.73 Å². The Hall–Kier alpha value is -2.31. The van der Waals surface area contributed by atoms with Crippen molar-refractivity contribution < 1.29 is 18.0 Å². The second-order valence-electron chi connectivity index (χ2n) is 5.01. The molecule has 0 aliphatic heterocycles. The van der Waals surface area contributed by atoms with Gasteiger partial charge in [-0.1, -0.05) is 18.2 Å². The Morgan fingerprint density at radius 2 is 1.95 bits per heavy atom. The molecule has 0 unspecified atom stereocenters. The minimum absolute atomic E-state index is 0.253. The van der Waals surface area contributed by atoms with Crippen molar-refractivity contribution >= 4 is 5.91 Å². The average Bonchev–Trinajstić information content (AvgIpc) is 3.14. The number of rotatable bonds is 3. The number of para-hydroxylation sites is 1. The Morgan fingerprint density at radius 3 is 2.52 bits per heavy atom. The first-order chi connectivity index (χ1) is 9.89. The smallest absolute Gasteiger partial charge is 0.365 e. The number of halogens is 3. The van der Waals surface area contributed by atoms with Crippen LogP contribution in [0.25, 0.3) is 5.69 Å². The molecule has 1 aliphatic carbocycles. The highest BCUT2D eigenvalue weighted by atomic mass is 19.4. The molecule has 1 aromatic carbocycles. The van der Waals surface area contributed by atoms with Crippen molar-refractivity contribution in [1.82, 2.24) is 9.78 Å². The van der Waals surface area contributed by atoms with Crippen molar-refractivity contribution in [3.63, 3.8) is 0 Å². The Bertz CT molecular complexity index is 702. The van der Waals surface area contributed by atoms with Gasteiger partial charge in [0.05, 0.1) is 17.4 Å². The van der Waals surface area contributed by atoms with Gasteiger partial charge >= 0.3 is 6.18 Å². The molecule has 0 atom stereocenters. The van der Waals surface area contributed by atoms with Crippen LogP contribution in [0.15, 0.2) is 30.5 Å². The summed E-state index contributed by atoms with van der Waals surface area (Å²) in [6.45, 7) is 0. The van der Waals surface area contributed by atoms with Gasteiger partial charge in [0.1, 0.15) is 0 Å². The number of nitrogens with zero attached hydrogens (tertiary/aromatic N) is 2. The molecule has 0 bridgehead atoms. The molecule has 3 rings (SSSR count). The Balaban J connectivity index is 2.22. The molecule has 7 heteroatoms. The van der Waals surface area contributed by atoms with Crippen LogP contribution < -0.4 is 5.73 Å². The normalized spacial score (nSPS) is 15.2. The maximum Gasteiger partial charge on any atom is 0.434 e. The number of aromatic nitrogens is 2. The van der Waals surface area contributed by atoms with E-state index in [1.807, 2.05) is 0 Å². The lowest BCUT2D eigenvalue weighted by Crippen LogP contribution is -2.21. The molecule has 0 saturated heterocycles. The fourth-order valence-electron chi connectivity index (χ4n) is 2.40. The molecule has 4 nitrogen and oxygen atoms in total. The third-order valence-corrected chi connectivity index (χ3v) is 3.49. The fourth-order valence-corrected chi connectivity index (χ4v) is 2.40. The maximum absolute atomic E-state index is 13.3. The highest BCUT2D eigenvalue weighted by molar-refractivity contribution is 5.94. The third kappa shape index (κ3) is 2.39. The minimum Gasteiger partial charge on any atom is -0.365 e. The molecule has 110 valence electrons. The zero-order valence-corrected chi connectivity index (χ0v) is 10.9. The topological polar surface area (TPSA) is 60.9 Å². The van der Waals surface area contributed by atoms with E-state index in [0.29, 0.717) is 5.69 Å². The van der Waals surface area contributed by atoms with Gasteiger partial charge in [0.15, 0.2) is 5.69 Å². The number of benzene rings is 1. The van der Waals surface area contributed by atoms with Gasteiger partial charge in [-0.05, 0) is 30.4 Å². The summed E-state index contributed by atoms with van der Waals surface area (Å²) in [4.78, 5) is 11.2. The summed E-state index contributed by atoms with van der Waals surface area (Å²) >= 11 is 0. The number of amides is 1. The number of carbonyl (C=O) groups is 1. The summed E-state index contributed by atoms with van der Waals surface area (Å²) in [5, 5.41) is 3.74. The van der Waals surface area contributed by atoms with Crippen molar-refractivity contribution in [2.45, 2.75) is 24.9 Å². The summed E-state index contributed by atoms with van der Waals surface area (Å²) in [5.74, 6) is -0.888. The lowest BCUT2D eigenvalue weighted by atomic mass is 10.1. The molecule has 1 saturated carbocycles. The van der Waals surface area contributed by atoms with E-state index in [2.05, 4.69) is 5.10 Å². The van der Waals surface area contributed by atoms with Crippen molar-refractivity contribution in [3.05, 3.63) is 47.3 Å². The molecule has 1 aliphatic rings. The highest BCUT2D eigenvalue weighted by Crippen LogP contribution is 2.43. The predicted molar refractivity (Wildman–Crippen MR) is 69.1 cm³/mol. The molecule has 21 heavy (non-hydrogen) atoms. The van der Waals surface area contributed by atoms with E-state index >= 15 is 0 Å². The predicted octanol–water partition coefficient (Wildman–Crippen LogP) is 2.87. The van der Waals surface area contributed by atoms with Crippen LogP contribution in [0.2, 0.25) is 0 Å². The zero-order chi connectivity index (χ0) is 15.2. The molecule has 1 aromatic heterocycles. The average molecular weight is 295 g/mol. The van der Waals surface area contributed by atoms with Crippen LogP contribution in [0, 0.1) is 0 Å². The van der Waals surface area contributed by atoms with Crippen molar-refractivity contribution in [2.75, 3.05) is 0 Å². The minimum atomic E-state index is -4.71. The monoisotopic (exact) mass is 295 g/mol. The van der Waals surface area contributed by atoms with Gasteiger partial charge in [-0.2, -0.15) is 18.3 Å². The Kier molecular flexibility index (Phi) is 3.00. The number of nitrogens with two attached hydrogens (primary N) is 1. The Labute approximate surface area is 118 Å². The second-order valence-corrected chi connectivity index (χ2v) is 5.01. The quantitative estimate of drug-likeness (QED) is 0.946. The number of primary amides is 1. The fraction of sp³-hybridized carbons (Fsp3) is 0.286. The molecule has 1 fully saturated rings. The van der Waals surface area contributed by atoms with Gasteiger partial charge in [0.25, 0.3) is 5.91 Å². The lowest BCUT2D eigenvalue weighted by molar-refractivity contribution is -0.143. The van der Waals surface area contributed by atoms with Crippen LogP contribution >= 0.6 is 0 Å². The van der Waals surface area contributed by atoms with E-state index in [-0.39, 0.29) is 5.92 Å². The van der Waals surface area contributed by atoms with Crippen LogP contribution in [0.1, 0.15) is 40.4 Å². The van der Waals surface area contributed by atoms with Gasteiger partial charge < -0.3 is 5.73 Å². The van der Waals surface area contributed by atoms with Gasteiger partial charge in [0.2, 0.25) is 0 Å². The number of hydrogen-bond donors (Lipinski definition) is 1. The van der Waals surface area contributed by atoms with Crippen LogP contribution in [-0.2, 0) is 6.18 Å². The summed E-state index contributed by atoms with van der Waals surface area (Å²) in [6, 6.07) is 6.79. The van der Waals surface area contributed by atoms with Gasteiger partial charge in [-0.3, -0.25) is 4.79 Å². The molecule has 0 spiro atoms. The van der Waals surface area contributed by atoms with Gasteiger partial charge in [0, 0.05) is 0 Å². The summed E-state index contributed by atoms with van der Waals surface area (Å²) in [5.41, 5.74) is 4.44. The summed E-state index contributed by atoms with van der Waals surface area (Å²) in [7, 11) is 0. The largest absolute Gasteiger partial charge is 0.434 e. The first-order valence-electron chi connectivity index (χ1n) is 6.44. The van der Waals surface area contributed by atoms with E-state index in [1.165, 1.54) is 0 Å². The van der Waals surface area contributed by atoms with Crippen LogP contribution in [0.5, 0.6) is 0 Å². The highest BCUT2D eigenvalue weighted by Gasteiger charge is 2.41. The molecule has 0 radical (unpaired) electrons. The van der Waals surface area contributed by atoms with Gasteiger partial charge in [-0.25, -0.2) is 4.68 Å². The molecule has 2 aromatic rings. The molecular weight excluding hydrogens is 283 g/mol. The third-order valence-electron chi connectivity index (χ3n) is 3.49. The van der Waals surface area contributed by atoms with Crippen molar-refractivity contribution in [3.8, 4) is 5.69 Å². The maximum atomic E-state index is 13.3. The van der Waals surface area contributed by atoms with E-state index < -0.39 is 23.3 Å².